The van der Waals surface area contributed by atoms with Gasteiger partial charge in [-0.25, -0.2) is 9.78 Å². The van der Waals surface area contributed by atoms with Crippen LogP contribution < -0.4 is 0 Å². The second-order valence-electron chi connectivity index (χ2n) is 8.12. The summed E-state index contributed by atoms with van der Waals surface area (Å²) >= 11 is 2.79. The first kappa shape index (κ1) is 20.6. The van der Waals surface area contributed by atoms with Crippen molar-refractivity contribution in [2.75, 3.05) is 6.54 Å². The number of rotatable bonds is 3. The number of benzene rings is 1. The molecule has 6 nitrogen and oxygen atoms in total. The van der Waals surface area contributed by atoms with E-state index in [2.05, 4.69) is 4.98 Å². The maximum absolute atomic E-state index is 13.0. The minimum absolute atomic E-state index is 0.103. The molecule has 1 aliphatic heterocycles. The Labute approximate surface area is 182 Å². The molecule has 0 fully saturated rings. The fourth-order valence-electron chi connectivity index (χ4n) is 3.18. The van der Waals surface area contributed by atoms with Crippen LogP contribution >= 0.6 is 22.7 Å². The topological polar surface area (TPSA) is 79.7 Å². The van der Waals surface area contributed by atoms with Crippen LogP contribution in [-0.4, -0.2) is 39.0 Å². The molecule has 0 bridgehead atoms. The van der Waals surface area contributed by atoms with Crippen LogP contribution in [0.1, 0.15) is 45.9 Å². The molecule has 1 amide bonds. The number of phenolic OH excluding ortho intramolecular Hbond substituents is 1. The van der Waals surface area contributed by atoms with Gasteiger partial charge in [0.1, 0.15) is 11.4 Å². The molecule has 0 radical (unpaired) electrons. The number of thiophene rings is 1. The third-order valence-corrected chi connectivity index (χ3v) is 6.68. The second kappa shape index (κ2) is 7.85. The highest BCUT2D eigenvalue weighted by Crippen LogP contribution is 2.32. The van der Waals surface area contributed by atoms with E-state index >= 15 is 0 Å². The first-order valence-electron chi connectivity index (χ1n) is 9.59. The number of carbonyl (C=O) groups excluding carboxylic acids is 2. The molecule has 3 heterocycles. The molecule has 0 saturated carbocycles. The first-order chi connectivity index (χ1) is 14.2. The first-order valence-corrected chi connectivity index (χ1v) is 11.3. The van der Waals surface area contributed by atoms with Gasteiger partial charge in [-0.3, -0.25) is 4.79 Å². The van der Waals surface area contributed by atoms with Crippen molar-refractivity contribution in [3.63, 3.8) is 0 Å². The SMILES string of the molecule is CC(C)(C)OC(=O)N1CCc2sc(C(=O)c3nc(-c4ccc(O)cc4)cs3)cc2C1. The number of carbonyl (C=O) groups is 2. The number of ether oxygens (including phenoxy) is 1. The third-order valence-electron chi connectivity index (χ3n) is 4.60. The molecule has 0 spiro atoms. The van der Waals surface area contributed by atoms with Crippen LogP contribution in [0.15, 0.2) is 35.7 Å². The predicted molar refractivity (Wildman–Crippen MR) is 117 cm³/mol. The number of hydrogen-bond acceptors (Lipinski definition) is 7. The Balaban J connectivity index is 1.50. The Morgan fingerprint density at radius 2 is 1.93 bits per heavy atom. The maximum atomic E-state index is 13.0. The summed E-state index contributed by atoms with van der Waals surface area (Å²) in [6, 6.07) is 8.61. The molecule has 4 rings (SSSR count). The summed E-state index contributed by atoms with van der Waals surface area (Å²) in [4.78, 5) is 33.3. The monoisotopic (exact) mass is 442 g/mol. The van der Waals surface area contributed by atoms with Gasteiger partial charge in [-0.05, 0) is 63.1 Å². The van der Waals surface area contributed by atoms with Crippen LogP contribution in [-0.2, 0) is 17.7 Å². The molecular formula is C22H22N2O4S2. The lowest BCUT2D eigenvalue weighted by Gasteiger charge is -2.29. The number of aromatic nitrogens is 1. The Hall–Kier alpha value is -2.71. The van der Waals surface area contributed by atoms with Gasteiger partial charge in [-0.2, -0.15) is 0 Å². The van der Waals surface area contributed by atoms with E-state index in [1.54, 1.807) is 29.2 Å². The minimum Gasteiger partial charge on any atom is -0.508 e. The molecule has 0 aliphatic carbocycles. The fraction of sp³-hybridized carbons (Fsp3) is 0.318. The number of nitrogens with zero attached hydrogens (tertiary/aromatic N) is 2. The van der Waals surface area contributed by atoms with E-state index in [-0.39, 0.29) is 17.6 Å². The summed E-state index contributed by atoms with van der Waals surface area (Å²) in [6.45, 7) is 6.58. The van der Waals surface area contributed by atoms with Crippen molar-refractivity contribution >= 4 is 34.6 Å². The molecule has 30 heavy (non-hydrogen) atoms. The van der Waals surface area contributed by atoms with E-state index in [4.69, 9.17) is 4.74 Å². The zero-order valence-electron chi connectivity index (χ0n) is 17.0. The van der Waals surface area contributed by atoms with Crippen molar-refractivity contribution in [3.8, 4) is 17.0 Å². The molecule has 1 N–H and O–H groups in total. The quantitative estimate of drug-likeness (QED) is 0.571. The number of thiazole rings is 1. The standard InChI is InChI=1S/C22H22N2O4S2/c1-22(2,3)28-21(27)24-9-8-17-14(11-24)10-18(30-17)19(26)20-23-16(12-29-20)13-4-6-15(25)7-5-13/h4-7,10,12,25H,8-9,11H2,1-3H3. The van der Waals surface area contributed by atoms with Crippen LogP contribution in [0, 0.1) is 0 Å². The average Bonchev–Trinajstić information content (AvgIpc) is 3.33. The van der Waals surface area contributed by atoms with Gasteiger partial charge in [0.15, 0.2) is 5.01 Å². The van der Waals surface area contributed by atoms with E-state index in [1.807, 2.05) is 32.2 Å². The van der Waals surface area contributed by atoms with E-state index in [0.29, 0.717) is 35.1 Å². The lowest BCUT2D eigenvalue weighted by molar-refractivity contribution is 0.0225. The second-order valence-corrected chi connectivity index (χ2v) is 10.1. The Bertz CT molecular complexity index is 1090. The van der Waals surface area contributed by atoms with Crippen LogP contribution in [0.5, 0.6) is 5.75 Å². The minimum atomic E-state index is -0.535. The van der Waals surface area contributed by atoms with Crippen LogP contribution in [0.25, 0.3) is 11.3 Å². The molecule has 1 aromatic carbocycles. The summed E-state index contributed by atoms with van der Waals surface area (Å²) in [5.41, 5.74) is 2.02. The molecule has 156 valence electrons. The highest BCUT2D eigenvalue weighted by molar-refractivity contribution is 7.16. The summed E-state index contributed by atoms with van der Waals surface area (Å²) in [6.07, 6.45) is 0.383. The average molecular weight is 443 g/mol. The van der Waals surface area contributed by atoms with E-state index in [1.165, 1.54) is 22.7 Å². The summed E-state index contributed by atoms with van der Waals surface area (Å²) in [5.74, 6) is 0.0862. The Morgan fingerprint density at radius 1 is 1.20 bits per heavy atom. The molecular weight excluding hydrogens is 420 g/mol. The van der Waals surface area contributed by atoms with Crippen molar-refractivity contribution in [1.29, 1.82) is 0 Å². The molecule has 3 aromatic rings. The fourth-order valence-corrected chi connectivity index (χ4v) is 5.12. The largest absolute Gasteiger partial charge is 0.508 e. The van der Waals surface area contributed by atoms with Gasteiger partial charge in [0, 0.05) is 22.4 Å². The molecule has 2 aromatic heterocycles. The normalized spacial score (nSPS) is 13.8. The zero-order chi connectivity index (χ0) is 21.5. The van der Waals surface area contributed by atoms with Crippen molar-refractivity contribution in [3.05, 3.63) is 56.0 Å². The lowest BCUT2D eigenvalue weighted by atomic mass is 10.1. The number of aromatic hydroxyl groups is 1. The number of amides is 1. The van der Waals surface area contributed by atoms with Crippen molar-refractivity contribution in [2.45, 2.75) is 39.3 Å². The maximum Gasteiger partial charge on any atom is 0.410 e. The van der Waals surface area contributed by atoms with Crippen LogP contribution in [0.2, 0.25) is 0 Å². The third kappa shape index (κ3) is 4.39. The highest BCUT2D eigenvalue weighted by atomic mass is 32.1. The van der Waals surface area contributed by atoms with E-state index in [9.17, 15) is 14.7 Å². The zero-order valence-corrected chi connectivity index (χ0v) is 18.6. The summed E-state index contributed by atoms with van der Waals surface area (Å²) in [7, 11) is 0. The van der Waals surface area contributed by atoms with Crippen LogP contribution in [0.3, 0.4) is 0 Å². The highest BCUT2D eigenvalue weighted by Gasteiger charge is 2.28. The summed E-state index contributed by atoms with van der Waals surface area (Å²) < 4.78 is 5.47. The molecule has 0 atom stereocenters. The number of hydrogen-bond donors (Lipinski definition) is 1. The Morgan fingerprint density at radius 3 is 2.63 bits per heavy atom. The molecule has 1 aliphatic rings. The number of phenols is 1. The van der Waals surface area contributed by atoms with Crippen LogP contribution in [0.4, 0.5) is 4.79 Å². The lowest BCUT2D eigenvalue weighted by Crippen LogP contribution is -2.39. The number of fused-ring (bicyclic) bond motifs is 1. The van der Waals surface area contributed by atoms with Gasteiger partial charge in [-0.15, -0.1) is 22.7 Å². The number of ketones is 1. The van der Waals surface area contributed by atoms with Gasteiger partial charge < -0.3 is 14.7 Å². The molecule has 0 unspecified atom stereocenters. The van der Waals surface area contributed by atoms with Crippen molar-refractivity contribution < 1.29 is 19.4 Å². The van der Waals surface area contributed by atoms with Crippen molar-refractivity contribution in [2.24, 2.45) is 0 Å². The molecule has 0 saturated heterocycles. The Kier molecular flexibility index (Phi) is 5.38. The van der Waals surface area contributed by atoms with Crippen molar-refractivity contribution in [1.82, 2.24) is 9.88 Å². The van der Waals surface area contributed by atoms with Gasteiger partial charge in [0.05, 0.1) is 17.1 Å². The predicted octanol–water partition coefficient (Wildman–Crippen LogP) is 5.10. The van der Waals surface area contributed by atoms with Gasteiger partial charge in [-0.1, -0.05) is 0 Å². The van der Waals surface area contributed by atoms with Gasteiger partial charge in [0.25, 0.3) is 0 Å². The molecule has 8 heteroatoms. The van der Waals surface area contributed by atoms with E-state index in [0.717, 1.165) is 16.0 Å². The van der Waals surface area contributed by atoms with E-state index < -0.39 is 5.60 Å². The van der Waals surface area contributed by atoms with Gasteiger partial charge >= 0.3 is 6.09 Å². The summed E-state index contributed by atoms with van der Waals surface area (Å²) in [5, 5.41) is 11.7. The van der Waals surface area contributed by atoms with Gasteiger partial charge in [0.2, 0.25) is 5.78 Å². The smallest absolute Gasteiger partial charge is 0.410 e.